The van der Waals surface area contributed by atoms with Crippen LogP contribution < -0.4 is 16.0 Å². The van der Waals surface area contributed by atoms with Crippen molar-refractivity contribution in [2.45, 2.75) is 66.6 Å². The Morgan fingerprint density at radius 2 is 1.73 bits per heavy atom. The fourth-order valence-corrected chi connectivity index (χ4v) is 5.47. The number of nitrogens with zero attached hydrogens (tertiary/aromatic N) is 4. The molecular weight excluding hydrogens is 550 g/mol. The first-order valence-electron chi connectivity index (χ1n) is 13.4. The van der Waals surface area contributed by atoms with Crippen molar-refractivity contribution in [3.8, 4) is 0 Å². The lowest BCUT2D eigenvalue weighted by atomic mass is 10.0. The van der Waals surface area contributed by atoms with Gasteiger partial charge >= 0.3 is 0 Å². The van der Waals surface area contributed by atoms with E-state index in [2.05, 4.69) is 31.1 Å². The molecule has 4 rings (SSSR count). The maximum Gasteiger partial charge on any atom is 0.276 e. The third-order valence-electron chi connectivity index (χ3n) is 6.59. The van der Waals surface area contributed by atoms with Gasteiger partial charge in [0.1, 0.15) is 28.3 Å². The molecule has 220 valence electrons. The van der Waals surface area contributed by atoms with E-state index in [9.17, 15) is 19.2 Å². The van der Waals surface area contributed by atoms with Crippen LogP contribution in [-0.2, 0) is 4.79 Å². The van der Waals surface area contributed by atoms with Crippen LogP contribution in [0, 0.1) is 25.7 Å². The number of aryl methyl sites for hydroxylation is 2. The topological polar surface area (TPSA) is 173 Å². The van der Waals surface area contributed by atoms with Gasteiger partial charge in [-0.15, -0.1) is 11.3 Å². The molecule has 4 heterocycles. The van der Waals surface area contributed by atoms with E-state index >= 15 is 0 Å². The van der Waals surface area contributed by atoms with Crippen molar-refractivity contribution in [1.29, 1.82) is 0 Å². The number of oxazole rings is 1. The summed E-state index contributed by atoms with van der Waals surface area (Å²) < 4.78 is 10.9. The lowest BCUT2D eigenvalue weighted by Gasteiger charge is -2.27. The van der Waals surface area contributed by atoms with Crippen molar-refractivity contribution in [3.63, 3.8) is 0 Å². The Balaban J connectivity index is 1.73. The van der Waals surface area contributed by atoms with Gasteiger partial charge in [0.25, 0.3) is 17.7 Å². The first-order valence-corrected chi connectivity index (χ1v) is 14.3. The van der Waals surface area contributed by atoms with Gasteiger partial charge in [-0.1, -0.05) is 32.9 Å². The number of nitrogens with one attached hydrogen (secondary N) is 3. The summed E-state index contributed by atoms with van der Waals surface area (Å²) in [5.74, 6) is -1.16. The maximum atomic E-state index is 13.3. The molecule has 41 heavy (non-hydrogen) atoms. The number of aromatic nitrogens is 3. The quantitative estimate of drug-likeness (QED) is 0.418. The smallest absolute Gasteiger partial charge is 0.276 e. The minimum absolute atomic E-state index is 0.00603. The van der Waals surface area contributed by atoms with Crippen LogP contribution in [0.2, 0.25) is 0 Å². The zero-order chi connectivity index (χ0) is 30.0. The molecule has 0 aromatic carbocycles. The van der Waals surface area contributed by atoms with Gasteiger partial charge in [-0.3, -0.25) is 19.2 Å². The summed E-state index contributed by atoms with van der Waals surface area (Å²) in [6.45, 7) is 12.3. The lowest BCUT2D eigenvalue weighted by molar-refractivity contribution is -0.122. The van der Waals surface area contributed by atoms with E-state index in [4.69, 9.17) is 8.94 Å². The highest BCUT2D eigenvalue weighted by Gasteiger charge is 2.31. The molecule has 0 radical (unpaired) electrons. The van der Waals surface area contributed by atoms with E-state index in [1.165, 1.54) is 22.3 Å². The van der Waals surface area contributed by atoms with Gasteiger partial charge in [0.05, 0.1) is 12.6 Å². The SMILES string of the molecule is Cc1cc(C(=O)N2CC(=O)N[C@@H](C(C)C)c3nc(cs3)C(=O)N[C@H](C(C)C)c3nc(c(C)o3)C(=O)N[C@H](C)C2)no1. The standard InChI is InChI=1S/C27H35N7O6S/c1-12(2)20-25-32-22(16(7)39-25)24(37)28-14(5)9-34(27(38)17-8-15(6)40-33-17)10-19(35)30-21(13(3)4)26-29-18(11-41-26)23(36)31-20/h8,11-14,20-21H,9-10H2,1-7H3,(H,28,37)(H,30,35)(H,31,36)/t14-,20-,21+/m1/s1. The average molecular weight is 586 g/mol. The molecule has 0 unspecified atom stereocenters. The Kier molecular flexibility index (Phi) is 8.90. The minimum atomic E-state index is -0.621. The van der Waals surface area contributed by atoms with E-state index in [-0.39, 0.29) is 53.7 Å². The molecule has 1 aliphatic rings. The van der Waals surface area contributed by atoms with Crippen molar-refractivity contribution < 1.29 is 28.1 Å². The van der Waals surface area contributed by atoms with Crippen LogP contribution in [0.1, 0.15) is 101 Å². The Bertz CT molecular complexity index is 1440. The van der Waals surface area contributed by atoms with Crippen LogP contribution in [0.5, 0.6) is 0 Å². The number of hydrogen-bond acceptors (Lipinski definition) is 10. The van der Waals surface area contributed by atoms with E-state index in [0.29, 0.717) is 10.8 Å². The third kappa shape index (κ3) is 6.81. The van der Waals surface area contributed by atoms with Crippen molar-refractivity contribution >= 4 is 35.0 Å². The van der Waals surface area contributed by atoms with Crippen LogP contribution in [0.4, 0.5) is 0 Å². The highest BCUT2D eigenvalue weighted by Crippen LogP contribution is 2.27. The summed E-state index contributed by atoms with van der Waals surface area (Å²) >= 11 is 1.26. The molecule has 1 aliphatic heterocycles. The molecule has 3 N–H and O–H groups in total. The first-order chi connectivity index (χ1) is 19.3. The summed E-state index contributed by atoms with van der Waals surface area (Å²) in [4.78, 5) is 63.2. The number of amides is 4. The number of thiazole rings is 1. The highest BCUT2D eigenvalue weighted by atomic mass is 32.1. The summed E-state index contributed by atoms with van der Waals surface area (Å²) in [6, 6.07) is -0.217. The summed E-state index contributed by atoms with van der Waals surface area (Å²) in [5.41, 5.74) is 0.292. The summed E-state index contributed by atoms with van der Waals surface area (Å²) in [6.07, 6.45) is 0. The van der Waals surface area contributed by atoms with Gasteiger partial charge in [0.15, 0.2) is 11.4 Å². The van der Waals surface area contributed by atoms with E-state index in [0.717, 1.165) is 0 Å². The van der Waals surface area contributed by atoms with Gasteiger partial charge in [0.2, 0.25) is 11.8 Å². The second kappa shape index (κ2) is 12.2. The molecule has 0 fully saturated rings. The fraction of sp³-hybridized carbons (Fsp3) is 0.519. The molecular formula is C27H35N7O6S. The number of carbonyl (C=O) groups excluding carboxylic acids is 4. The largest absolute Gasteiger partial charge is 0.443 e. The number of hydrogen-bond donors (Lipinski definition) is 3. The predicted molar refractivity (Wildman–Crippen MR) is 148 cm³/mol. The third-order valence-corrected chi connectivity index (χ3v) is 7.52. The van der Waals surface area contributed by atoms with Crippen LogP contribution in [0.15, 0.2) is 20.4 Å². The fourth-order valence-electron chi connectivity index (χ4n) is 4.45. The van der Waals surface area contributed by atoms with Crippen LogP contribution in [-0.4, -0.2) is 62.8 Å². The predicted octanol–water partition coefficient (Wildman–Crippen LogP) is 2.95. The molecule has 0 aliphatic carbocycles. The maximum absolute atomic E-state index is 13.3. The Hall–Kier alpha value is -4.07. The van der Waals surface area contributed by atoms with Gasteiger partial charge in [-0.2, -0.15) is 0 Å². The Labute approximate surface area is 241 Å². The summed E-state index contributed by atoms with van der Waals surface area (Å²) in [7, 11) is 0. The second-order valence-corrected chi connectivity index (χ2v) is 11.8. The van der Waals surface area contributed by atoms with Crippen molar-refractivity contribution in [1.82, 2.24) is 36.0 Å². The highest BCUT2D eigenvalue weighted by molar-refractivity contribution is 7.09. The van der Waals surface area contributed by atoms with Crippen molar-refractivity contribution in [2.75, 3.05) is 13.1 Å². The molecule has 3 aromatic rings. The second-order valence-electron chi connectivity index (χ2n) is 10.9. The normalized spacial score (nSPS) is 20.9. The number of rotatable bonds is 3. The molecule has 0 saturated carbocycles. The van der Waals surface area contributed by atoms with Gasteiger partial charge in [0, 0.05) is 24.0 Å². The molecule has 3 atom stereocenters. The zero-order valence-corrected chi connectivity index (χ0v) is 24.9. The number of fused-ring (bicyclic) bond motifs is 4. The van der Waals surface area contributed by atoms with Crippen molar-refractivity contribution in [2.24, 2.45) is 11.8 Å². The molecule has 4 amide bonds. The average Bonchev–Trinajstić information content (AvgIpc) is 3.64. The summed E-state index contributed by atoms with van der Waals surface area (Å²) in [5, 5.41) is 14.7. The Morgan fingerprint density at radius 3 is 2.37 bits per heavy atom. The van der Waals surface area contributed by atoms with Crippen LogP contribution in [0.3, 0.4) is 0 Å². The van der Waals surface area contributed by atoms with Crippen molar-refractivity contribution in [3.05, 3.63) is 50.9 Å². The Morgan fingerprint density at radius 1 is 1.02 bits per heavy atom. The monoisotopic (exact) mass is 585 g/mol. The van der Waals surface area contributed by atoms with Crippen LogP contribution in [0.25, 0.3) is 0 Å². The van der Waals surface area contributed by atoms with E-state index in [1.54, 1.807) is 26.2 Å². The zero-order valence-electron chi connectivity index (χ0n) is 24.1. The molecule has 14 heteroatoms. The molecule has 0 spiro atoms. The molecule has 3 aromatic heterocycles. The molecule has 13 nitrogen and oxygen atoms in total. The lowest BCUT2D eigenvalue weighted by Crippen LogP contribution is -2.48. The molecule has 0 saturated heterocycles. The van der Waals surface area contributed by atoms with Gasteiger partial charge in [-0.05, 0) is 32.6 Å². The number of carbonyl (C=O) groups is 4. The van der Waals surface area contributed by atoms with E-state index in [1.807, 2.05) is 27.7 Å². The van der Waals surface area contributed by atoms with Gasteiger partial charge in [-0.25, -0.2) is 9.97 Å². The molecule has 4 bridgehead atoms. The minimum Gasteiger partial charge on any atom is -0.443 e. The first kappa shape index (κ1) is 29.9. The van der Waals surface area contributed by atoms with Crippen LogP contribution >= 0.6 is 11.3 Å². The van der Waals surface area contributed by atoms with E-state index < -0.39 is 41.8 Å². The van der Waals surface area contributed by atoms with Gasteiger partial charge < -0.3 is 29.8 Å².